The SMILES string of the molecule is CN=C(NCC1CCCN(C(=O)OC(C)(C)C)C1)NC1CC1C. The second kappa shape index (κ2) is 7.41. The monoisotopic (exact) mass is 324 g/mol. The van der Waals surface area contributed by atoms with Crippen molar-refractivity contribution in [2.75, 3.05) is 26.7 Å². The van der Waals surface area contributed by atoms with Crippen LogP contribution in [0.3, 0.4) is 0 Å². The molecule has 0 spiro atoms. The summed E-state index contributed by atoms with van der Waals surface area (Å²) in [6.07, 6.45) is 3.17. The zero-order chi connectivity index (χ0) is 17.0. The second-order valence-corrected chi connectivity index (χ2v) is 7.85. The van der Waals surface area contributed by atoms with Crippen molar-refractivity contribution in [1.29, 1.82) is 0 Å². The van der Waals surface area contributed by atoms with Gasteiger partial charge < -0.3 is 20.3 Å². The van der Waals surface area contributed by atoms with Gasteiger partial charge in [0.1, 0.15) is 5.60 Å². The third kappa shape index (κ3) is 5.92. The molecule has 2 fully saturated rings. The number of aliphatic imine (C=N–C) groups is 1. The molecule has 0 bridgehead atoms. The summed E-state index contributed by atoms with van der Waals surface area (Å²) in [6, 6.07) is 0.561. The quantitative estimate of drug-likeness (QED) is 0.617. The third-order valence-electron chi connectivity index (χ3n) is 4.38. The van der Waals surface area contributed by atoms with Crippen molar-refractivity contribution in [3.8, 4) is 0 Å². The molecule has 0 radical (unpaired) electrons. The average molecular weight is 324 g/mol. The molecular weight excluding hydrogens is 292 g/mol. The van der Waals surface area contributed by atoms with E-state index >= 15 is 0 Å². The molecule has 2 aliphatic rings. The first kappa shape index (κ1) is 17.9. The van der Waals surface area contributed by atoms with E-state index in [9.17, 15) is 4.79 Å². The van der Waals surface area contributed by atoms with Gasteiger partial charge in [0, 0.05) is 32.7 Å². The van der Waals surface area contributed by atoms with Gasteiger partial charge in [0.2, 0.25) is 0 Å². The summed E-state index contributed by atoms with van der Waals surface area (Å²) in [7, 11) is 1.80. The van der Waals surface area contributed by atoms with Gasteiger partial charge in [-0.15, -0.1) is 0 Å². The van der Waals surface area contributed by atoms with Crippen LogP contribution in [0.4, 0.5) is 4.79 Å². The maximum Gasteiger partial charge on any atom is 0.410 e. The highest BCUT2D eigenvalue weighted by Crippen LogP contribution is 2.28. The number of nitrogens with zero attached hydrogens (tertiary/aromatic N) is 2. The molecule has 6 nitrogen and oxygen atoms in total. The number of carbonyl (C=O) groups excluding carboxylic acids is 1. The minimum atomic E-state index is -0.435. The first-order valence-corrected chi connectivity index (χ1v) is 8.73. The highest BCUT2D eigenvalue weighted by molar-refractivity contribution is 5.80. The summed E-state index contributed by atoms with van der Waals surface area (Å²) in [5.74, 6) is 2.05. The van der Waals surface area contributed by atoms with Crippen LogP contribution in [0.1, 0.15) is 47.0 Å². The number of hydrogen-bond donors (Lipinski definition) is 2. The first-order chi connectivity index (χ1) is 10.8. The summed E-state index contributed by atoms with van der Waals surface area (Å²) in [5.41, 5.74) is -0.435. The van der Waals surface area contributed by atoms with Crippen LogP contribution >= 0.6 is 0 Å². The van der Waals surface area contributed by atoms with E-state index in [1.807, 2.05) is 25.7 Å². The Morgan fingerprint density at radius 1 is 1.39 bits per heavy atom. The fourth-order valence-corrected chi connectivity index (χ4v) is 2.86. The summed E-state index contributed by atoms with van der Waals surface area (Å²) in [4.78, 5) is 18.3. The van der Waals surface area contributed by atoms with Gasteiger partial charge in [0.25, 0.3) is 0 Å². The summed E-state index contributed by atoms with van der Waals surface area (Å²) >= 11 is 0. The molecule has 1 saturated carbocycles. The molecule has 3 unspecified atom stereocenters. The van der Waals surface area contributed by atoms with E-state index in [1.165, 1.54) is 6.42 Å². The minimum absolute atomic E-state index is 0.198. The lowest BCUT2D eigenvalue weighted by Crippen LogP contribution is -2.47. The predicted octanol–water partition coefficient (Wildman–Crippen LogP) is 2.21. The molecule has 132 valence electrons. The topological polar surface area (TPSA) is 66.0 Å². The Morgan fingerprint density at radius 3 is 2.65 bits per heavy atom. The summed E-state index contributed by atoms with van der Waals surface area (Å²) in [6.45, 7) is 10.3. The maximum atomic E-state index is 12.2. The standard InChI is InChI=1S/C17H32N4O2/c1-12-9-14(12)20-15(18-5)19-10-13-7-6-8-21(11-13)16(22)23-17(2,3)4/h12-14H,6-11H2,1-5H3,(H2,18,19,20). The van der Waals surface area contributed by atoms with Gasteiger partial charge in [-0.2, -0.15) is 0 Å². The van der Waals surface area contributed by atoms with Gasteiger partial charge in [-0.25, -0.2) is 4.79 Å². The Kier molecular flexibility index (Phi) is 5.76. The number of rotatable bonds is 3. The Hall–Kier alpha value is -1.46. The fraction of sp³-hybridized carbons (Fsp3) is 0.882. The van der Waals surface area contributed by atoms with Crippen molar-refractivity contribution >= 4 is 12.1 Å². The van der Waals surface area contributed by atoms with Crippen LogP contribution in [0.25, 0.3) is 0 Å². The van der Waals surface area contributed by atoms with E-state index in [4.69, 9.17) is 4.74 Å². The molecule has 0 aromatic carbocycles. The van der Waals surface area contributed by atoms with Gasteiger partial charge in [0.15, 0.2) is 5.96 Å². The van der Waals surface area contributed by atoms with Gasteiger partial charge in [0.05, 0.1) is 0 Å². The highest BCUT2D eigenvalue weighted by Gasteiger charge is 2.33. The zero-order valence-corrected chi connectivity index (χ0v) is 15.2. The number of guanidine groups is 1. The molecule has 1 heterocycles. The van der Waals surface area contributed by atoms with Gasteiger partial charge in [-0.1, -0.05) is 6.92 Å². The van der Waals surface area contributed by atoms with E-state index in [-0.39, 0.29) is 6.09 Å². The minimum Gasteiger partial charge on any atom is -0.444 e. The van der Waals surface area contributed by atoms with Gasteiger partial charge >= 0.3 is 6.09 Å². The number of piperidine rings is 1. The molecule has 1 amide bonds. The lowest BCUT2D eigenvalue weighted by molar-refractivity contribution is 0.0168. The molecule has 2 N–H and O–H groups in total. The van der Waals surface area contributed by atoms with Crippen molar-refractivity contribution in [2.45, 2.75) is 58.6 Å². The summed E-state index contributed by atoms with van der Waals surface area (Å²) in [5, 5.41) is 6.83. The Bertz CT molecular complexity index is 444. The van der Waals surface area contributed by atoms with Crippen LogP contribution in [-0.2, 0) is 4.74 Å². The van der Waals surface area contributed by atoms with Gasteiger partial charge in [-0.05, 0) is 51.9 Å². The highest BCUT2D eigenvalue weighted by atomic mass is 16.6. The molecule has 1 aliphatic heterocycles. The Labute approximate surface area is 140 Å². The predicted molar refractivity (Wildman–Crippen MR) is 92.6 cm³/mol. The Balaban J connectivity index is 1.76. The third-order valence-corrected chi connectivity index (χ3v) is 4.38. The fourth-order valence-electron chi connectivity index (χ4n) is 2.86. The van der Waals surface area contributed by atoms with E-state index in [0.29, 0.717) is 12.0 Å². The van der Waals surface area contributed by atoms with Crippen LogP contribution in [0.15, 0.2) is 4.99 Å². The lowest BCUT2D eigenvalue weighted by Gasteiger charge is -2.34. The molecule has 23 heavy (non-hydrogen) atoms. The van der Waals surface area contributed by atoms with Crippen LogP contribution in [0.2, 0.25) is 0 Å². The van der Waals surface area contributed by atoms with Crippen molar-refractivity contribution < 1.29 is 9.53 Å². The average Bonchev–Trinajstić information content (AvgIpc) is 3.17. The van der Waals surface area contributed by atoms with Crippen LogP contribution in [0, 0.1) is 11.8 Å². The van der Waals surface area contributed by atoms with E-state index < -0.39 is 5.60 Å². The lowest BCUT2D eigenvalue weighted by atomic mass is 9.98. The molecular formula is C17H32N4O2. The number of likely N-dealkylation sites (tertiary alicyclic amines) is 1. The van der Waals surface area contributed by atoms with Crippen molar-refractivity contribution in [2.24, 2.45) is 16.8 Å². The van der Waals surface area contributed by atoms with Crippen LogP contribution < -0.4 is 10.6 Å². The molecule has 3 atom stereocenters. The molecule has 1 aliphatic carbocycles. The molecule has 2 rings (SSSR count). The largest absolute Gasteiger partial charge is 0.444 e. The number of nitrogens with one attached hydrogen (secondary N) is 2. The molecule has 0 aromatic rings. The van der Waals surface area contributed by atoms with Crippen molar-refractivity contribution in [3.63, 3.8) is 0 Å². The van der Waals surface area contributed by atoms with Gasteiger partial charge in [-0.3, -0.25) is 4.99 Å². The summed E-state index contributed by atoms with van der Waals surface area (Å²) < 4.78 is 5.48. The van der Waals surface area contributed by atoms with Crippen LogP contribution in [0.5, 0.6) is 0 Å². The van der Waals surface area contributed by atoms with Crippen molar-refractivity contribution in [3.05, 3.63) is 0 Å². The maximum absolute atomic E-state index is 12.2. The molecule has 0 aromatic heterocycles. The van der Waals surface area contributed by atoms with Crippen LogP contribution in [-0.4, -0.2) is 55.3 Å². The molecule has 6 heteroatoms. The number of ether oxygens (including phenoxy) is 1. The smallest absolute Gasteiger partial charge is 0.410 e. The number of carbonyl (C=O) groups is 1. The number of amides is 1. The second-order valence-electron chi connectivity index (χ2n) is 7.85. The number of hydrogen-bond acceptors (Lipinski definition) is 3. The van der Waals surface area contributed by atoms with E-state index in [2.05, 4.69) is 22.5 Å². The Morgan fingerprint density at radius 2 is 2.09 bits per heavy atom. The van der Waals surface area contributed by atoms with E-state index in [0.717, 1.165) is 44.4 Å². The first-order valence-electron chi connectivity index (χ1n) is 8.73. The normalized spacial score (nSPS) is 28.3. The zero-order valence-electron chi connectivity index (χ0n) is 15.2. The van der Waals surface area contributed by atoms with E-state index in [1.54, 1.807) is 7.05 Å². The van der Waals surface area contributed by atoms with Crippen molar-refractivity contribution in [1.82, 2.24) is 15.5 Å². The molecule has 1 saturated heterocycles.